The van der Waals surface area contributed by atoms with Gasteiger partial charge in [-0.25, -0.2) is 13.6 Å². The molecule has 2 heterocycles. The van der Waals surface area contributed by atoms with Crippen LogP contribution >= 0.6 is 0 Å². The first-order valence-electron chi connectivity index (χ1n) is 10.7. The summed E-state index contributed by atoms with van der Waals surface area (Å²) in [6.45, 7) is 7.33. The van der Waals surface area contributed by atoms with E-state index in [2.05, 4.69) is 11.1 Å². The number of hydrogen-bond acceptors (Lipinski definition) is 6. The number of nitrogen functional groups attached to an aromatic ring is 1. The lowest BCUT2D eigenvalue weighted by atomic mass is 9.71. The first-order valence-corrected chi connectivity index (χ1v) is 14.7. The van der Waals surface area contributed by atoms with E-state index in [1.807, 2.05) is 25.2 Å². The minimum atomic E-state index is -3.40. The predicted octanol–water partition coefficient (Wildman–Crippen LogP) is 1.67. The molecule has 0 spiro atoms. The molecule has 11 heteroatoms. The summed E-state index contributed by atoms with van der Waals surface area (Å²) < 4.78 is 50.7. The second-order valence-electron chi connectivity index (χ2n) is 8.40. The van der Waals surface area contributed by atoms with E-state index in [1.54, 1.807) is 26.0 Å². The summed E-state index contributed by atoms with van der Waals surface area (Å²) in [6, 6.07) is 11.3. The Labute approximate surface area is 191 Å². The Balaban J connectivity index is 2.07. The van der Waals surface area contributed by atoms with Crippen LogP contribution in [0.25, 0.3) is 0 Å². The molecule has 1 aromatic heterocycles. The molecule has 7 nitrogen and oxygen atoms in total. The van der Waals surface area contributed by atoms with E-state index in [-0.39, 0.29) is 12.2 Å². The predicted molar refractivity (Wildman–Crippen MR) is 123 cm³/mol. The molecule has 32 heavy (non-hydrogen) atoms. The van der Waals surface area contributed by atoms with Crippen molar-refractivity contribution >= 4 is 25.3 Å². The van der Waals surface area contributed by atoms with Gasteiger partial charge in [-0.3, -0.25) is 4.57 Å². The Morgan fingerprint density at radius 1 is 1.28 bits per heavy atom. The van der Waals surface area contributed by atoms with Gasteiger partial charge in [0.05, 0.1) is 12.0 Å². The van der Waals surface area contributed by atoms with Gasteiger partial charge in [0.15, 0.2) is 19.5 Å². The number of hydrogen-bond donors (Lipinski definition) is 1. The van der Waals surface area contributed by atoms with Gasteiger partial charge in [-0.05, 0) is 24.1 Å². The van der Waals surface area contributed by atoms with Crippen LogP contribution in [0.2, 0.25) is 13.1 Å². The van der Waals surface area contributed by atoms with Gasteiger partial charge in [0, 0.05) is 11.6 Å². The molecule has 0 bridgehead atoms. The summed E-state index contributed by atoms with van der Waals surface area (Å²) in [5.74, 6) is -4.71. The molecule has 2 aromatic rings. The van der Waals surface area contributed by atoms with Crippen LogP contribution in [-0.4, -0.2) is 47.4 Å². The Hall–Kier alpha value is -1.93. The van der Waals surface area contributed by atoms with Gasteiger partial charge < -0.3 is 19.3 Å². The van der Waals surface area contributed by atoms with Crippen LogP contribution in [0.4, 0.5) is 14.6 Å². The average Bonchev–Trinajstić information content (AvgIpc) is 2.99. The molecule has 0 aliphatic carbocycles. The van der Waals surface area contributed by atoms with Crippen LogP contribution in [0.5, 0.6) is 0 Å². The molecule has 2 N–H and O–H groups in total. The first-order chi connectivity index (χ1) is 15.1. The molecule has 3 atom stereocenters. The van der Waals surface area contributed by atoms with Crippen molar-refractivity contribution < 1.29 is 22.4 Å². The Morgan fingerprint density at radius 2 is 1.91 bits per heavy atom. The number of rotatable bonds is 9. The third kappa shape index (κ3) is 4.86. The van der Waals surface area contributed by atoms with Gasteiger partial charge in [-0.15, -0.1) is 0 Å². The lowest BCUT2D eigenvalue weighted by Crippen LogP contribution is -2.51. The Kier molecular flexibility index (Phi) is 7.66. The number of alkyl halides is 2. The number of nitrogens with zero attached hydrogens (tertiary/aromatic N) is 2. The fourth-order valence-corrected chi connectivity index (χ4v) is 6.30. The van der Waals surface area contributed by atoms with Gasteiger partial charge in [-0.2, -0.15) is 4.98 Å². The molecule has 1 aliphatic rings. The van der Waals surface area contributed by atoms with E-state index in [4.69, 9.17) is 19.3 Å². The van der Waals surface area contributed by atoms with Crippen LogP contribution in [-0.2, 0) is 20.0 Å². The molecular formula is C21H30F2N3O4Si2. The molecule has 1 radical (unpaired) electrons. The molecule has 1 aliphatic heterocycles. The average molecular weight is 483 g/mol. The van der Waals surface area contributed by atoms with Crippen LogP contribution in [0.1, 0.15) is 25.6 Å². The fraction of sp³-hybridized carbons (Fsp3) is 0.524. The molecule has 1 saturated heterocycles. The maximum atomic E-state index is 16.1. The SMILES string of the molecule is C[SiH2]OC(O[SiH2]C)C(C)(C)[C@@H]1[C@@H](Cc2cc[c]cc2)O[C@@H](n2ccc(N)nc2=O)C1(F)F. The lowest BCUT2D eigenvalue weighted by Gasteiger charge is -2.42. The number of aromatic nitrogens is 2. The zero-order chi connectivity index (χ0) is 23.5. The fourth-order valence-electron chi connectivity index (χ4n) is 4.45. The molecule has 1 fully saturated rings. The van der Waals surface area contributed by atoms with Crippen molar-refractivity contribution in [2.24, 2.45) is 11.3 Å². The molecule has 175 valence electrons. The normalized spacial score (nSPS) is 24.6. The monoisotopic (exact) mass is 482 g/mol. The molecule has 0 amide bonds. The minimum Gasteiger partial charge on any atom is -0.400 e. The summed E-state index contributed by atoms with van der Waals surface area (Å²) in [5.41, 5.74) is 4.42. The summed E-state index contributed by atoms with van der Waals surface area (Å²) in [6.07, 6.45) is -2.02. The van der Waals surface area contributed by atoms with Crippen LogP contribution < -0.4 is 11.4 Å². The van der Waals surface area contributed by atoms with Crippen LogP contribution in [0.3, 0.4) is 0 Å². The van der Waals surface area contributed by atoms with E-state index in [9.17, 15) is 4.79 Å². The van der Waals surface area contributed by atoms with E-state index in [1.165, 1.54) is 12.3 Å². The maximum absolute atomic E-state index is 16.1. The zero-order valence-corrected chi connectivity index (χ0v) is 21.6. The summed E-state index contributed by atoms with van der Waals surface area (Å²) >= 11 is 0. The van der Waals surface area contributed by atoms with Crippen LogP contribution in [0, 0.1) is 17.4 Å². The van der Waals surface area contributed by atoms with E-state index >= 15 is 8.78 Å². The van der Waals surface area contributed by atoms with Crippen molar-refractivity contribution in [3.8, 4) is 0 Å². The third-order valence-corrected chi connectivity index (χ3v) is 7.07. The van der Waals surface area contributed by atoms with Gasteiger partial charge in [-0.1, -0.05) is 51.2 Å². The summed E-state index contributed by atoms with van der Waals surface area (Å²) in [4.78, 5) is 16.0. The van der Waals surface area contributed by atoms with Gasteiger partial charge >= 0.3 is 5.69 Å². The third-order valence-electron chi connectivity index (χ3n) is 5.79. The molecule has 0 unspecified atom stereocenters. The van der Waals surface area contributed by atoms with Gasteiger partial charge in [0.25, 0.3) is 5.92 Å². The van der Waals surface area contributed by atoms with Crippen molar-refractivity contribution in [2.75, 3.05) is 5.73 Å². The number of nitrogens with two attached hydrogens (primary N) is 1. The second kappa shape index (κ2) is 9.91. The van der Waals surface area contributed by atoms with Crippen molar-refractivity contribution in [1.29, 1.82) is 0 Å². The van der Waals surface area contributed by atoms with Crippen molar-refractivity contribution in [2.45, 2.75) is 57.9 Å². The zero-order valence-electron chi connectivity index (χ0n) is 18.8. The van der Waals surface area contributed by atoms with Crippen LogP contribution in [0.15, 0.2) is 41.3 Å². The second-order valence-corrected chi connectivity index (χ2v) is 10.2. The topological polar surface area (TPSA) is 88.6 Å². The highest BCUT2D eigenvalue weighted by Crippen LogP contribution is 2.55. The number of halogens is 2. The quantitative estimate of drug-likeness (QED) is 0.432. The van der Waals surface area contributed by atoms with E-state index < -0.39 is 61.1 Å². The van der Waals surface area contributed by atoms with Gasteiger partial charge in [0.2, 0.25) is 6.23 Å². The highest BCUT2D eigenvalue weighted by molar-refractivity contribution is 6.26. The van der Waals surface area contributed by atoms with Crippen molar-refractivity contribution in [3.63, 3.8) is 0 Å². The number of ether oxygens (including phenoxy) is 1. The summed E-state index contributed by atoms with van der Waals surface area (Å²) in [7, 11) is -1.83. The maximum Gasteiger partial charge on any atom is 0.351 e. The number of anilines is 1. The standard InChI is InChI=1S/C21H30F2N3O4Si2/c1-20(2,18(29-31-3)30-32-4)16-14(12-13-8-6-5-7-9-13)28-17(21(16,22)23)26-11-10-15(24)25-19(26)27/h6-11,14,16-18H,12,31-32H2,1-4H3,(H2,24,25,27)/t14-,16+,17-/m1/s1. The molecule has 3 rings (SSSR count). The van der Waals surface area contributed by atoms with Crippen molar-refractivity contribution in [1.82, 2.24) is 9.55 Å². The van der Waals surface area contributed by atoms with Gasteiger partial charge in [0.1, 0.15) is 12.1 Å². The number of benzene rings is 1. The summed E-state index contributed by atoms with van der Waals surface area (Å²) in [5, 5.41) is 0. The highest BCUT2D eigenvalue weighted by atomic mass is 28.2. The molecule has 0 saturated carbocycles. The largest absolute Gasteiger partial charge is 0.400 e. The Morgan fingerprint density at radius 3 is 2.47 bits per heavy atom. The highest BCUT2D eigenvalue weighted by Gasteiger charge is 2.66. The molecular weight excluding hydrogens is 452 g/mol. The molecule has 1 aromatic carbocycles. The van der Waals surface area contributed by atoms with Crippen molar-refractivity contribution in [3.05, 3.63) is 58.6 Å². The first kappa shape index (κ1) is 24.7. The van der Waals surface area contributed by atoms with E-state index in [0.717, 1.165) is 10.1 Å². The Bertz CT molecular complexity index is 956. The smallest absolute Gasteiger partial charge is 0.351 e. The lowest BCUT2D eigenvalue weighted by molar-refractivity contribution is -0.178. The minimum absolute atomic E-state index is 0.0378. The van der Waals surface area contributed by atoms with E-state index in [0.29, 0.717) is 0 Å².